The molecule has 0 aliphatic rings. The van der Waals surface area contributed by atoms with Crippen LogP contribution in [0, 0.1) is 19.7 Å². The van der Waals surface area contributed by atoms with Crippen molar-refractivity contribution in [1.29, 1.82) is 0 Å². The summed E-state index contributed by atoms with van der Waals surface area (Å²) in [5.41, 5.74) is 5.50. The van der Waals surface area contributed by atoms with Gasteiger partial charge in [0, 0.05) is 5.69 Å². The Balaban J connectivity index is 2.34. The minimum absolute atomic E-state index is 0.350. The van der Waals surface area contributed by atoms with E-state index in [1.807, 2.05) is 13.0 Å². The van der Waals surface area contributed by atoms with Gasteiger partial charge in [-0.1, -0.05) is 11.6 Å². The smallest absolute Gasteiger partial charge is 0.257 e. The summed E-state index contributed by atoms with van der Waals surface area (Å²) in [6.45, 7) is 3.67. The number of rotatable bonds is 3. The molecule has 6 heteroatoms. The molecule has 4 nitrogen and oxygen atoms in total. The molecular weight excluding hydrogens is 337 g/mol. The molecule has 4 N–H and O–H groups in total. The van der Waals surface area contributed by atoms with Crippen LogP contribution in [0.25, 0.3) is 0 Å². The van der Waals surface area contributed by atoms with E-state index in [9.17, 15) is 9.18 Å². The van der Waals surface area contributed by atoms with Crippen LogP contribution < -0.4 is 16.6 Å². The Labute approximate surface area is 130 Å². The largest absolute Gasteiger partial charge is 0.323 e. The van der Waals surface area contributed by atoms with Crippen molar-refractivity contribution in [3.63, 3.8) is 0 Å². The first kappa shape index (κ1) is 15.5. The van der Waals surface area contributed by atoms with Crippen molar-refractivity contribution in [2.75, 3.05) is 10.7 Å². The van der Waals surface area contributed by atoms with Crippen molar-refractivity contribution >= 4 is 33.2 Å². The number of nitrogens with one attached hydrogen (secondary N) is 2. The van der Waals surface area contributed by atoms with Crippen LogP contribution >= 0.6 is 15.9 Å². The van der Waals surface area contributed by atoms with Gasteiger partial charge in [0.1, 0.15) is 5.82 Å². The number of anilines is 2. The Kier molecular flexibility index (Phi) is 4.59. The van der Waals surface area contributed by atoms with Crippen LogP contribution in [0.5, 0.6) is 0 Å². The lowest BCUT2D eigenvalue weighted by atomic mass is 10.1. The summed E-state index contributed by atoms with van der Waals surface area (Å²) in [4.78, 5) is 12.4. The fourth-order valence-corrected chi connectivity index (χ4v) is 2.40. The van der Waals surface area contributed by atoms with Gasteiger partial charge < -0.3 is 10.7 Å². The number of benzene rings is 2. The Morgan fingerprint density at radius 3 is 2.57 bits per heavy atom. The minimum Gasteiger partial charge on any atom is -0.323 e. The van der Waals surface area contributed by atoms with E-state index in [2.05, 4.69) is 26.7 Å². The molecule has 2 rings (SSSR count). The molecule has 21 heavy (non-hydrogen) atoms. The van der Waals surface area contributed by atoms with Gasteiger partial charge in [0.2, 0.25) is 0 Å². The lowest BCUT2D eigenvalue weighted by Gasteiger charge is -2.12. The van der Waals surface area contributed by atoms with Crippen molar-refractivity contribution in [3.8, 4) is 0 Å². The van der Waals surface area contributed by atoms with Crippen molar-refractivity contribution in [2.24, 2.45) is 5.84 Å². The van der Waals surface area contributed by atoms with Gasteiger partial charge in [-0.2, -0.15) is 0 Å². The Morgan fingerprint density at radius 2 is 1.90 bits per heavy atom. The molecule has 0 heterocycles. The summed E-state index contributed by atoms with van der Waals surface area (Å²) in [5.74, 6) is 4.63. The Hall–Kier alpha value is -1.92. The number of nitrogen functional groups attached to an aromatic ring is 1. The number of carbonyl (C=O) groups excluding carboxylic acids is 1. The van der Waals surface area contributed by atoms with Crippen LogP contribution in [0.3, 0.4) is 0 Å². The summed E-state index contributed by atoms with van der Waals surface area (Å²) in [6, 6.07) is 8.18. The Bertz CT molecular complexity index is 704. The van der Waals surface area contributed by atoms with Crippen LogP contribution in [0.1, 0.15) is 21.5 Å². The summed E-state index contributed by atoms with van der Waals surface area (Å²) >= 11 is 3.11. The first-order chi connectivity index (χ1) is 9.92. The van der Waals surface area contributed by atoms with Gasteiger partial charge >= 0.3 is 0 Å². The SMILES string of the molecule is Cc1ccc(NN)c(C(=O)Nc2cc(F)c(Br)cc2C)c1. The first-order valence-electron chi connectivity index (χ1n) is 6.26. The van der Waals surface area contributed by atoms with Gasteiger partial charge in [-0.15, -0.1) is 0 Å². The molecule has 0 spiro atoms. The lowest BCUT2D eigenvalue weighted by Crippen LogP contribution is -2.18. The minimum atomic E-state index is -0.433. The highest BCUT2D eigenvalue weighted by atomic mass is 79.9. The number of amides is 1. The molecular formula is C15H15BrFN3O. The van der Waals surface area contributed by atoms with E-state index in [0.717, 1.165) is 11.1 Å². The van der Waals surface area contributed by atoms with E-state index in [4.69, 9.17) is 5.84 Å². The zero-order valence-electron chi connectivity index (χ0n) is 11.6. The molecule has 0 radical (unpaired) electrons. The zero-order valence-corrected chi connectivity index (χ0v) is 13.2. The molecule has 0 saturated carbocycles. The van der Waals surface area contributed by atoms with E-state index in [-0.39, 0.29) is 5.91 Å². The fourth-order valence-electron chi connectivity index (χ4n) is 1.94. The van der Waals surface area contributed by atoms with E-state index in [1.165, 1.54) is 6.07 Å². The third kappa shape index (κ3) is 3.40. The van der Waals surface area contributed by atoms with Crippen LogP contribution in [-0.2, 0) is 0 Å². The molecule has 0 aromatic heterocycles. The number of aryl methyl sites for hydroxylation is 2. The summed E-state index contributed by atoms with van der Waals surface area (Å²) < 4.78 is 14.0. The lowest BCUT2D eigenvalue weighted by molar-refractivity contribution is 0.102. The maximum absolute atomic E-state index is 13.6. The average molecular weight is 352 g/mol. The molecule has 2 aromatic carbocycles. The van der Waals surface area contributed by atoms with Crippen LogP contribution in [0.4, 0.5) is 15.8 Å². The number of hydrazine groups is 1. The van der Waals surface area contributed by atoms with E-state index in [0.29, 0.717) is 21.4 Å². The van der Waals surface area contributed by atoms with Crippen molar-refractivity contribution in [2.45, 2.75) is 13.8 Å². The monoisotopic (exact) mass is 351 g/mol. The highest BCUT2D eigenvalue weighted by Crippen LogP contribution is 2.25. The van der Waals surface area contributed by atoms with Gasteiger partial charge in [-0.3, -0.25) is 10.6 Å². The topological polar surface area (TPSA) is 67.1 Å². The van der Waals surface area contributed by atoms with Crippen LogP contribution in [0.15, 0.2) is 34.8 Å². The van der Waals surface area contributed by atoms with E-state index >= 15 is 0 Å². The average Bonchev–Trinajstić information content (AvgIpc) is 2.44. The standard InChI is InChI=1S/C15H15BrFN3O/c1-8-3-4-13(20-18)10(5-8)15(21)19-14-7-12(17)11(16)6-9(14)2/h3-7,20H,18H2,1-2H3,(H,19,21). The molecule has 0 unspecified atom stereocenters. The highest BCUT2D eigenvalue weighted by molar-refractivity contribution is 9.10. The normalized spacial score (nSPS) is 10.3. The zero-order chi connectivity index (χ0) is 15.6. The number of nitrogens with two attached hydrogens (primary N) is 1. The quantitative estimate of drug-likeness (QED) is 0.582. The second-order valence-corrected chi connectivity index (χ2v) is 5.58. The van der Waals surface area contributed by atoms with Crippen molar-refractivity contribution in [1.82, 2.24) is 0 Å². The number of carbonyl (C=O) groups is 1. The third-order valence-electron chi connectivity index (χ3n) is 3.09. The molecule has 0 bridgehead atoms. The molecule has 2 aromatic rings. The number of hydrogen-bond donors (Lipinski definition) is 3. The van der Waals surface area contributed by atoms with Crippen molar-refractivity contribution < 1.29 is 9.18 Å². The molecule has 0 aliphatic carbocycles. The maximum atomic E-state index is 13.6. The van der Waals surface area contributed by atoms with Crippen LogP contribution in [-0.4, -0.2) is 5.91 Å². The predicted octanol–water partition coefficient (Wildman–Crippen LogP) is 3.74. The third-order valence-corrected chi connectivity index (χ3v) is 3.70. The molecule has 0 saturated heterocycles. The van der Waals surface area contributed by atoms with Gasteiger partial charge in [-0.05, 0) is 59.6 Å². The fraction of sp³-hybridized carbons (Fsp3) is 0.133. The molecule has 110 valence electrons. The summed E-state index contributed by atoms with van der Waals surface area (Å²) in [7, 11) is 0. The van der Waals surface area contributed by atoms with Crippen LogP contribution in [0.2, 0.25) is 0 Å². The van der Waals surface area contributed by atoms with Crippen molar-refractivity contribution in [3.05, 3.63) is 57.3 Å². The van der Waals surface area contributed by atoms with Gasteiger partial charge in [0.25, 0.3) is 5.91 Å². The molecule has 0 aliphatic heterocycles. The molecule has 1 amide bonds. The number of halogens is 2. The number of hydrogen-bond acceptors (Lipinski definition) is 3. The van der Waals surface area contributed by atoms with E-state index in [1.54, 1.807) is 25.1 Å². The Morgan fingerprint density at radius 1 is 1.19 bits per heavy atom. The second kappa shape index (κ2) is 6.24. The summed E-state index contributed by atoms with van der Waals surface area (Å²) in [6.07, 6.45) is 0. The second-order valence-electron chi connectivity index (χ2n) is 4.73. The van der Waals surface area contributed by atoms with E-state index < -0.39 is 5.82 Å². The maximum Gasteiger partial charge on any atom is 0.257 e. The summed E-state index contributed by atoms with van der Waals surface area (Å²) in [5, 5.41) is 2.70. The highest BCUT2D eigenvalue weighted by Gasteiger charge is 2.14. The van der Waals surface area contributed by atoms with Gasteiger partial charge in [-0.25, -0.2) is 4.39 Å². The van der Waals surface area contributed by atoms with Gasteiger partial charge in [0.05, 0.1) is 15.7 Å². The van der Waals surface area contributed by atoms with Gasteiger partial charge in [0.15, 0.2) is 0 Å². The predicted molar refractivity (Wildman–Crippen MR) is 85.8 cm³/mol. The molecule has 0 atom stereocenters. The molecule has 0 fully saturated rings. The first-order valence-corrected chi connectivity index (χ1v) is 7.06.